The predicted octanol–water partition coefficient (Wildman–Crippen LogP) is 2.89. The minimum Gasteiger partial charge on any atom is -0.338 e. The van der Waals surface area contributed by atoms with Gasteiger partial charge in [0.15, 0.2) is 0 Å². The number of benzene rings is 1. The van der Waals surface area contributed by atoms with Crippen LogP contribution in [0.25, 0.3) is 22.4 Å². The first-order valence-corrected chi connectivity index (χ1v) is 6.02. The maximum absolute atomic E-state index is 4.65. The lowest BCUT2D eigenvalue weighted by atomic mass is 10.1. The second kappa shape index (κ2) is 3.70. The van der Waals surface area contributed by atoms with E-state index in [1.54, 1.807) is 0 Å². The highest BCUT2D eigenvalue weighted by molar-refractivity contribution is 5.81. The molecular formula is C14H16N4. The summed E-state index contributed by atoms with van der Waals surface area (Å²) in [5.41, 5.74) is 6.81. The molecule has 0 fully saturated rings. The van der Waals surface area contributed by atoms with Crippen LogP contribution in [-0.2, 0) is 7.05 Å². The number of aryl methyl sites for hydroxylation is 3. The SMILES string of the molecule is Cc1cc2nc(-c3cnn(C)c3C)[nH]c2cc1C. The van der Waals surface area contributed by atoms with Crippen molar-refractivity contribution in [3.63, 3.8) is 0 Å². The van der Waals surface area contributed by atoms with Gasteiger partial charge in [-0.05, 0) is 44.0 Å². The third-order valence-electron chi connectivity index (χ3n) is 3.59. The van der Waals surface area contributed by atoms with E-state index in [4.69, 9.17) is 0 Å². The summed E-state index contributed by atoms with van der Waals surface area (Å²) in [4.78, 5) is 8.02. The van der Waals surface area contributed by atoms with Crippen molar-refractivity contribution in [1.29, 1.82) is 0 Å². The summed E-state index contributed by atoms with van der Waals surface area (Å²) in [6.07, 6.45) is 1.85. The molecular weight excluding hydrogens is 224 g/mol. The normalized spacial score (nSPS) is 11.3. The molecule has 4 heteroatoms. The molecule has 0 atom stereocenters. The van der Waals surface area contributed by atoms with Crippen LogP contribution in [0.15, 0.2) is 18.3 Å². The molecule has 0 aliphatic rings. The van der Waals surface area contributed by atoms with Gasteiger partial charge in [0.25, 0.3) is 0 Å². The number of rotatable bonds is 1. The van der Waals surface area contributed by atoms with E-state index in [1.165, 1.54) is 11.1 Å². The number of nitrogens with one attached hydrogen (secondary N) is 1. The zero-order valence-electron chi connectivity index (χ0n) is 11.1. The summed E-state index contributed by atoms with van der Waals surface area (Å²) < 4.78 is 1.86. The van der Waals surface area contributed by atoms with Crippen LogP contribution in [0.3, 0.4) is 0 Å². The molecule has 0 aliphatic carbocycles. The second-order valence-electron chi connectivity index (χ2n) is 4.81. The van der Waals surface area contributed by atoms with Crippen molar-refractivity contribution < 1.29 is 0 Å². The van der Waals surface area contributed by atoms with Gasteiger partial charge in [-0.25, -0.2) is 4.98 Å². The first kappa shape index (κ1) is 11.0. The van der Waals surface area contributed by atoms with E-state index in [0.717, 1.165) is 28.1 Å². The number of aromatic amines is 1. The molecule has 0 spiro atoms. The van der Waals surface area contributed by atoms with Crippen molar-refractivity contribution in [2.75, 3.05) is 0 Å². The first-order valence-electron chi connectivity index (χ1n) is 6.02. The summed E-state index contributed by atoms with van der Waals surface area (Å²) in [5, 5.41) is 4.25. The Kier molecular flexibility index (Phi) is 2.26. The molecule has 2 aromatic heterocycles. The van der Waals surface area contributed by atoms with Crippen molar-refractivity contribution in [2.24, 2.45) is 7.05 Å². The summed E-state index contributed by atoms with van der Waals surface area (Å²) in [5.74, 6) is 0.889. The fourth-order valence-electron chi connectivity index (χ4n) is 2.13. The number of H-pyrrole nitrogens is 1. The van der Waals surface area contributed by atoms with Crippen LogP contribution >= 0.6 is 0 Å². The number of nitrogens with zero attached hydrogens (tertiary/aromatic N) is 3. The highest BCUT2D eigenvalue weighted by atomic mass is 15.3. The largest absolute Gasteiger partial charge is 0.338 e. The van der Waals surface area contributed by atoms with Gasteiger partial charge < -0.3 is 4.98 Å². The number of hydrogen-bond acceptors (Lipinski definition) is 2. The average Bonchev–Trinajstić information content (AvgIpc) is 2.85. The van der Waals surface area contributed by atoms with Gasteiger partial charge >= 0.3 is 0 Å². The molecule has 0 radical (unpaired) electrons. The van der Waals surface area contributed by atoms with E-state index in [0.29, 0.717) is 0 Å². The predicted molar refractivity (Wildman–Crippen MR) is 72.5 cm³/mol. The highest BCUT2D eigenvalue weighted by Gasteiger charge is 2.11. The summed E-state index contributed by atoms with van der Waals surface area (Å²) >= 11 is 0. The minimum atomic E-state index is 0.889. The summed E-state index contributed by atoms with van der Waals surface area (Å²) in [6.45, 7) is 6.27. The molecule has 18 heavy (non-hydrogen) atoms. The molecule has 4 nitrogen and oxygen atoms in total. The molecule has 0 unspecified atom stereocenters. The maximum Gasteiger partial charge on any atom is 0.141 e. The van der Waals surface area contributed by atoms with Gasteiger partial charge in [-0.1, -0.05) is 0 Å². The van der Waals surface area contributed by atoms with Gasteiger partial charge in [-0.2, -0.15) is 5.10 Å². The lowest BCUT2D eigenvalue weighted by Crippen LogP contribution is -1.92. The van der Waals surface area contributed by atoms with E-state index >= 15 is 0 Å². The van der Waals surface area contributed by atoms with E-state index in [2.05, 4.69) is 41.0 Å². The van der Waals surface area contributed by atoms with Gasteiger partial charge in [0.1, 0.15) is 5.82 Å². The number of hydrogen-bond donors (Lipinski definition) is 1. The van der Waals surface area contributed by atoms with Crippen molar-refractivity contribution in [2.45, 2.75) is 20.8 Å². The highest BCUT2D eigenvalue weighted by Crippen LogP contribution is 2.24. The van der Waals surface area contributed by atoms with E-state index in [1.807, 2.05) is 24.9 Å². The number of aromatic nitrogens is 4. The lowest BCUT2D eigenvalue weighted by molar-refractivity contribution is 0.740. The van der Waals surface area contributed by atoms with Gasteiger partial charge in [0, 0.05) is 12.7 Å². The molecule has 2 heterocycles. The Hall–Kier alpha value is -2.10. The van der Waals surface area contributed by atoms with Gasteiger partial charge in [0.05, 0.1) is 22.8 Å². The van der Waals surface area contributed by atoms with Crippen LogP contribution in [0.1, 0.15) is 16.8 Å². The molecule has 1 aromatic carbocycles. The topological polar surface area (TPSA) is 46.5 Å². The lowest BCUT2D eigenvalue weighted by Gasteiger charge is -1.97. The maximum atomic E-state index is 4.65. The van der Waals surface area contributed by atoms with Crippen molar-refractivity contribution in [3.8, 4) is 11.4 Å². The molecule has 1 N–H and O–H groups in total. The molecule has 0 bridgehead atoms. The quantitative estimate of drug-likeness (QED) is 0.711. The summed E-state index contributed by atoms with van der Waals surface area (Å²) in [6, 6.07) is 4.27. The zero-order valence-corrected chi connectivity index (χ0v) is 11.1. The fourth-order valence-corrected chi connectivity index (χ4v) is 2.13. The molecule has 0 saturated carbocycles. The monoisotopic (exact) mass is 240 g/mol. The summed E-state index contributed by atoms with van der Waals surface area (Å²) in [7, 11) is 1.94. The number of imidazole rings is 1. The Morgan fingerprint density at radius 3 is 2.50 bits per heavy atom. The van der Waals surface area contributed by atoms with Crippen molar-refractivity contribution in [1.82, 2.24) is 19.7 Å². The standard InChI is InChI=1S/C14H16N4/c1-8-5-12-13(6-9(8)2)17-14(16-12)11-7-15-18(4)10(11)3/h5-7H,1-4H3,(H,16,17). The first-order chi connectivity index (χ1) is 8.56. The number of fused-ring (bicyclic) bond motifs is 1. The van der Waals surface area contributed by atoms with Gasteiger partial charge in [-0.3, -0.25) is 4.68 Å². The molecule has 0 saturated heterocycles. The zero-order chi connectivity index (χ0) is 12.9. The van der Waals surface area contributed by atoms with Crippen LogP contribution in [0, 0.1) is 20.8 Å². The molecule has 3 aromatic rings. The van der Waals surface area contributed by atoms with Crippen LogP contribution in [0.2, 0.25) is 0 Å². The Morgan fingerprint density at radius 2 is 1.83 bits per heavy atom. The average molecular weight is 240 g/mol. The smallest absolute Gasteiger partial charge is 0.141 e. The second-order valence-corrected chi connectivity index (χ2v) is 4.81. The van der Waals surface area contributed by atoms with E-state index in [9.17, 15) is 0 Å². The third-order valence-corrected chi connectivity index (χ3v) is 3.59. The van der Waals surface area contributed by atoms with E-state index < -0.39 is 0 Å². The molecule has 3 rings (SSSR count). The molecule has 0 amide bonds. The van der Waals surface area contributed by atoms with Crippen molar-refractivity contribution in [3.05, 3.63) is 35.2 Å². The van der Waals surface area contributed by atoms with E-state index in [-0.39, 0.29) is 0 Å². The Bertz CT molecular complexity index is 695. The van der Waals surface area contributed by atoms with Gasteiger partial charge in [-0.15, -0.1) is 0 Å². The minimum absolute atomic E-state index is 0.889. The Morgan fingerprint density at radius 1 is 1.11 bits per heavy atom. The van der Waals surface area contributed by atoms with Crippen LogP contribution in [0.5, 0.6) is 0 Å². The van der Waals surface area contributed by atoms with Crippen LogP contribution in [0.4, 0.5) is 0 Å². The third kappa shape index (κ3) is 1.53. The van der Waals surface area contributed by atoms with Crippen molar-refractivity contribution >= 4 is 11.0 Å². The molecule has 0 aliphatic heterocycles. The van der Waals surface area contributed by atoms with Gasteiger partial charge in [0.2, 0.25) is 0 Å². The van der Waals surface area contributed by atoms with Crippen LogP contribution < -0.4 is 0 Å². The fraction of sp³-hybridized carbons (Fsp3) is 0.286. The Balaban J connectivity index is 2.22. The molecule has 92 valence electrons. The Labute approximate surface area is 106 Å². The van der Waals surface area contributed by atoms with Crippen LogP contribution in [-0.4, -0.2) is 19.7 Å².